The SMILES string of the molecule is CCc1ccc(CC(NN)c2cccc(F)c2Cl)cc1. The molecule has 0 fully saturated rings. The van der Waals surface area contributed by atoms with Crippen molar-refractivity contribution in [1.82, 2.24) is 5.43 Å². The maximum atomic E-state index is 13.5. The topological polar surface area (TPSA) is 38.0 Å². The molecule has 0 aliphatic carbocycles. The number of aryl methyl sites for hydroxylation is 1. The van der Waals surface area contributed by atoms with Gasteiger partial charge in [-0.15, -0.1) is 0 Å². The Labute approximate surface area is 123 Å². The number of benzene rings is 2. The molecule has 2 aromatic rings. The normalized spacial score (nSPS) is 12.4. The molecule has 0 aromatic heterocycles. The summed E-state index contributed by atoms with van der Waals surface area (Å²) in [7, 11) is 0. The molecule has 106 valence electrons. The zero-order valence-electron chi connectivity index (χ0n) is 11.4. The van der Waals surface area contributed by atoms with E-state index in [0.717, 1.165) is 12.0 Å². The minimum Gasteiger partial charge on any atom is -0.271 e. The largest absolute Gasteiger partial charge is 0.271 e. The zero-order valence-corrected chi connectivity index (χ0v) is 12.1. The van der Waals surface area contributed by atoms with Gasteiger partial charge in [0.1, 0.15) is 5.82 Å². The van der Waals surface area contributed by atoms with Crippen LogP contribution in [-0.2, 0) is 12.8 Å². The third-order valence-corrected chi connectivity index (χ3v) is 3.83. The van der Waals surface area contributed by atoms with Crippen molar-refractivity contribution in [2.45, 2.75) is 25.8 Å². The number of nitrogens with one attached hydrogen (secondary N) is 1. The van der Waals surface area contributed by atoms with Gasteiger partial charge in [-0.3, -0.25) is 11.3 Å². The van der Waals surface area contributed by atoms with Gasteiger partial charge in [-0.25, -0.2) is 4.39 Å². The van der Waals surface area contributed by atoms with Crippen LogP contribution in [0.3, 0.4) is 0 Å². The number of nitrogens with two attached hydrogens (primary N) is 1. The van der Waals surface area contributed by atoms with Crippen molar-refractivity contribution in [3.63, 3.8) is 0 Å². The Morgan fingerprint density at radius 1 is 1.15 bits per heavy atom. The summed E-state index contributed by atoms with van der Waals surface area (Å²) in [6.07, 6.45) is 1.66. The van der Waals surface area contributed by atoms with Crippen LogP contribution in [0.25, 0.3) is 0 Å². The molecule has 20 heavy (non-hydrogen) atoms. The van der Waals surface area contributed by atoms with Crippen molar-refractivity contribution < 1.29 is 4.39 Å². The second-order valence-electron chi connectivity index (χ2n) is 4.74. The van der Waals surface area contributed by atoms with Gasteiger partial charge in [0.15, 0.2) is 0 Å². The van der Waals surface area contributed by atoms with Crippen molar-refractivity contribution in [2.75, 3.05) is 0 Å². The molecule has 0 heterocycles. The Bertz CT molecular complexity index is 569. The second-order valence-corrected chi connectivity index (χ2v) is 5.11. The van der Waals surface area contributed by atoms with Crippen LogP contribution < -0.4 is 11.3 Å². The first-order valence-electron chi connectivity index (χ1n) is 6.63. The highest BCUT2D eigenvalue weighted by Crippen LogP contribution is 2.27. The third kappa shape index (κ3) is 3.37. The predicted molar refractivity (Wildman–Crippen MR) is 81.0 cm³/mol. The van der Waals surface area contributed by atoms with Crippen LogP contribution in [-0.4, -0.2) is 0 Å². The van der Waals surface area contributed by atoms with Crippen LogP contribution in [0.1, 0.15) is 29.7 Å². The smallest absolute Gasteiger partial charge is 0.142 e. The van der Waals surface area contributed by atoms with Gasteiger partial charge in [0, 0.05) is 0 Å². The molecule has 4 heteroatoms. The van der Waals surface area contributed by atoms with Crippen LogP contribution in [0.2, 0.25) is 5.02 Å². The molecule has 1 unspecified atom stereocenters. The van der Waals surface area contributed by atoms with E-state index in [1.807, 2.05) is 0 Å². The number of halogens is 2. The first kappa shape index (κ1) is 15.0. The van der Waals surface area contributed by atoms with E-state index in [1.165, 1.54) is 11.6 Å². The van der Waals surface area contributed by atoms with Crippen LogP contribution in [0, 0.1) is 5.82 Å². The van der Waals surface area contributed by atoms with Crippen LogP contribution in [0.15, 0.2) is 42.5 Å². The maximum Gasteiger partial charge on any atom is 0.142 e. The van der Waals surface area contributed by atoms with E-state index >= 15 is 0 Å². The molecule has 1 atom stereocenters. The quantitative estimate of drug-likeness (QED) is 0.650. The van der Waals surface area contributed by atoms with Gasteiger partial charge < -0.3 is 0 Å². The van der Waals surface area contributed by atoms with Gasteiger partial charge >= 0.3 is 0 Å². The second kappa shape index (κ2) is 6.84. The standard InChI is InChI=1S/C16H18ClFN2/c1-2-11-6-8-12(9-7-11)10-15(20-19)13-4-3-5-14(18)16(13)17/h3-9,15,20H,2,10,19H2,1H3. The van der Waals surface area contributed by atoms with E-state index in [0.29, 0.717) is 12.0 Å². The Hall–Kier alpha value is -1.42. The van der Waals surface area contributed by atoms with E-state index < -0.39 is 5.82 Å². The van der Waals surface area contributed by atoms with Gasteiger partial charge in [0.2, 0.25) is 0 Å². The van der Waals surface area contributed by atoms with Crippen molar-refractivity contribution in [2.24, 2.45) is 5.84 Å². The summed E-state index contributed by atoms with van der Waals surface area (Å²) in [5.74, 6) is 5.17. The predicted octanol–water partition coefficient (Wildman–Crippen LogP) is 3.79. The van der Waals surface area contributed by atoms with E-state index in [9.17, 15) is 4.39 Å². The molecule has 0 aliphatic rings. The minimum atomic E-state index is -0.425. The summed E-state index contributed by atoms with van der Waals surface area (Å²) in [5.41, 5.74) is 5.80. The molecule has 3 N–H and O–H groups in total. The fourth-order valence-corrected chi connectivity index (χ4v) is 2.45. The van der Waals surface area contributed by atoms with Crippen LogP contribution >= 0.6 is 11.6 Å². The number of rotatable bonds is 5. The van der Waals surface area contributed by atoms with Crippen LogP contribution in [0.5, 0.6) is 0 Å². The molecule has 0 aliphatic heterocycles. The van der Waals surface area contributed by atoms with Crippen molar-refractivity contribution >= 4 is 11.6 Å². The average Bonchev–Trinajstić information content (AvgIpc) is 2.48. The highest BCUT2D eigenvalue weighted by Gasteiger charge is 2.16. The van der Waals surface area contributed by atoms with Gasteiger partial charge in [-0.2, -0.15) is 0 Å². The van der Waals surface area contributed by atoms with E-state index in [-0.39, 0.29) is 11.1 Å². The number of hydrogen-bond donors (Lipinski definition) is 2. The molecular formula is C16H18ClFN2. The Morgan fingerprint density at radius 2 is 1.80 bits per heavy atom. The molecule has 0 radical (unpaired) electrons. The number of hydrogen-bond acceptors (Lipinski definition) is 2. The first-order valence-corrected chi connectivity index (χ1v) is 7.01. The first-order chi connectivity index (χ1) is 9.65. The molecule has 0 bridgehead atoms. The Morgan fingerprint density at radius 3 is 2.40 bits per heavy atom. The Balaban J connectivity index is 2.21. The molecule has 2 rings (SSSR count). The fraction of sp³-hybridized carbons (Fsp3) is 0.250. The Kier molecular flexibility index (Phi) is 5.12. The lowest BCUT2D eigenvalue weighted by Gasteiger charge is -2.18. The summed E-state index contributed by atoms with van der Waals surface area (Å²) in [6, 6.07) is 12.9. The van der Waals surface area contributed by atoms with E-state index in [2.05, 4.69) is 36.6 Å². The molecule has 0 saturated carbocycles. The van der Waals surface area contributed by atoms with E-state index in [1.54, 1.807) is 12.1 Å². The van der Waals surface area contributed by atoms with Crippen molar-refractivity contribution in [1.29, 1.82) is 0 Å². The summed E-state index contributed by atoms with van der Waals surface area (Å²) >= 11 is 6.01. The summed E-state index contributed by atoms with van der Waals surface area (Å²) in [5, 5.41) is 0.126. The highest BCUT2D eigenvalue weighted by molar-refractivity contribution is 6.31. The maximum absolute atomic E-state index is 13.5. The third-order valence-electron chi connectivity index (χ3n) is 3.43. The molecule has 0 spiro atoms. The van der Waals surface area contributed by atoms with Gasteiger partial charge in [-0.1, -0.05) is 54.9 Å². The molecule has 2 aromatic carbocycles. The lowest BCUT2D eigenvalue weighted by Crippen LogP contribution is -2.30. The van der Waals surface area contributed by atoms with Crippen LogP contribution in [0.4, 0.5) is 4.39 Å². The van der Waals surface area contributed by atoms with E-state index in [4.69, 9.17) is 17.4 Å². The average molecular weight is 293 g/mol. The van der Waals surface area contributed by atoms with Crippen molar-refractivity contribution in [3.8, 4) is 0 Å². The minimum absolute atomic E-state index is 0.126. The van der Waals surface area contributed by atoms with Gasteiger partial charge in [0.05, 0.1) is 11.1 Å². The molecule has 0 saturated heterocycles. The fourth-order valence-electron chi connectivity index (χ4n) is 2.20. The van der Waals surface area contributed by atoms with Gasteiger partial charge in [0.25, 0.3) is 0 Å². The lowest BCUT2D eigenvalue weighted by atomic mass is 9.98. The number of hydrazine groups is 1. The molecule has 2 nitrogen and oxygen atoms in total. The summed E-state index contributed by atoms with van der Waals surface area (Å²) < 4.78 is 13.5. The highest BCUT2D eigenvalue weighted by atomic mass is 35.5. The molecular weight excluding hydrogens is 275 g/mol. The monoisotopic (exact) mass is 292 g/mol. The lowest BCUT2D eigenvalue weighted by molar-refractivity contribution is 0.545. The molecule has 0 amide bonds. The summed E-state index contributed by atoms with van der Waals surface area (Å²) in [6.45, 7) is 2.12. The van der Waals surface area contributed by atoms with Gasteiger partial charge in [-0.05, 0) is 35.6 Å². The zero-order chi connectivity index (χ0) is 14.5. The van der Waals surface area contributed by atoms with Crippen molar-refractivity contribution in [3.05, 3.63) is 70.0 Å². The summed E-state index contributed by atoms with van der Waals surface area (Å²) in [4.78, 5) is 0.